The lowest BCUT2D eigenvalue weighted by Gasteiger charge is -2.00. The van der Waals surface area contributed by atoms with Crippen molar-refractivity contribution in [3.63, 3.8) is 0 Å². The largest absolute Gasteiger partial charge is 0.465 e. The lowest BCUT2D eigenvalue weighted by Crippen LogP contribution is -2.07. The van der Waals surface area contributed by atoms with E-state index in [-0.39, 0.29) is 11.5 Å². The molecule has 10 heteroatoms. The Kier molecular flexibility index (Phi) is 5.84. The molecule has 0 aromatic carbocycles. The molecular formula is C17H13ClN4O3S2. The minimum atomic E-state index is -0.368. The molecule has 3 N–H and O–H groups in total. The summed E-state index contributed by atoms with van der Waals surface area (Å²) in [7, 11) is 1.33. The van der Waals surface area contributed by atoms with Crippen LogP contribution >= 0.6 is 34.3 Å². The molecule has 4 aromatic rings. The maximum Gasteiger partial charge on any atom is 0.350 e. The number of pyridine rings is 1. The standard InChI is InChI=1S/C11H6ClN3OS.C6H7NO2S/c12-8-5-6(1-3-13-8)10-14-7-2-4-17-9(7)11(16)15-10;1-9-6(8)5-4(7)2-3-10-5/h1-5H,(H,14,15,16);2-3H,7H2,1H3. The van der Waals surface area contributed by atoms with E-state index >= 15 is 0 Å². The Morgan fingerprint density at radius 2 is 2.04 bits per heavy atom. The average Bonchev–Trinajstić information content (AvgIpc) is 3.30. The second-order valence-corrected chi connectivity index (χ2v) is 7.33. The number of esters is 1. The van der Waals surface area contributed by atoms with Gasteiger partial charge >= 0.3 is 5.97 Å². The number of hydrogen-bond acceptors (Lipinski definition) is 8. The zero-order chi connectivity index (χ0) is 19.4. The van der Waals surface area contributed by atoms with Crippen molar-refractivity contribution in [1.29, 1.82) is 0 Å². The number of thiophene rings is 2. The number of nitrogens with one attached hydrogen (secondary N) is 1. The number of rotatable bonds is 2. The van der Waals surface area contributed by atoms with Crippen LogP contribution in [0.3, 0.4) is 0 Å². The third-order valence-electron chi connectivity index (χ3n) is 3.38. The van der Waals surface area contributed by atoms with Crippen molar-refractivity contribution in [2.24, 2.45) is 0 Å². The van der Waals surface area contributed by atoms with Crippen molar-refractivity contribution in [1.82, 2.24) is 15.0 Å². The molecular weight excluding hydrogens is 408 g/mol. The van der Waals surface area contributed by atoms with E-state index in [4.69, 9.17) is 17.3 Å². The highest BCUT2D eigenvalue weighted by Gasteiger charge is 2.09. The fraction of sp³-hybridized carbons (Fsp3) is 0.0588. The quantitative estimate of drug-likeness (QED) is 0.376. The third-order valence-corrected chi connectivity index (χ3v) is 5.40. The Morgan fingerprint density at radius 1 is 1.26 bits per heavy atom. The van der Waals surface area contributed by atoms with Gasteiger partial charge < -0.3 is 15.5 Å². The van der Waals surface area contributed by atoms with Gasteiger partial charge in [-0.3, -0.25) is 4.79 Å². The number of ether oxygens (including phenoxy) is 1. The number of aromatic nitrogens is 3. The topological polar surface area (TPSA) is 111 Å². The summed E-state index contributed by atoms with van der Waals surface area (Å²) in [4.78, 5) is 34.1. The van der Waals surface area contributed by atoms with E-state index < -0.39 is 0 Å². The molecule has 0 amide bonds. The summed E-state index contributed by atoms with van der Waals surface area (Å²) in [5.41, 5.74) is 7.22. The van der Waals surface area contributed by atoms with Crippen LogP contribution in [0.1, 0.15) is 9.67 Å². The Hall–Kier alpha value is -2.75. The summed E-state index contributed by atoms with van der Waals surface area (Å²) in [6, 6.07) is 6.92. The first kappa shape index (κ1) is 19.0. The molecule has 0 fully saturated rings. The Bertz CT molecular complexity index is 1150. The third kappa shape index (κ3) is 4.33. The van der Waals surface area contributed by atoms with Gasteiger partial charge in [-0.2, -0.15) is 0 Å². The molecule has 0 saturated heterocycles. The average molecular weight is 421 g/mol. The predicted octanol–water partition coefficient (Wildman–Crippen LogP) is 3.82. The second kappa shape index (κ2) is 8.30. The Morgan fingerprint density at radius 3 is 2.70 bits per heavy atom. The van der Waals surface area contributed by atoms with E-state index in [1.807, 2.05) is 11.4 Å². The van der Waals surface area contributed by atoms with Crippen LogP contribution in [0, 0.1) is 0 Å². The van der Waals surface area contributed by atoms with Crippen molar-refractivity contribution in [2.45, 2.75) is 0 Å². The number of anilines is 1. The number of methoxy groups -OCH3 is 1. The van der Waals surface area contributed by atoms with Crippen molar-refractivity contribution < 1.29 is 9.53 Å². The summed E-state index contributed by atoms with van der Waals surface area (Å²) in [6.07, 6.45) is 1.58. The van der Waals surface area contributed by atoms with E-state index in [9.17, 15) is 9.59 Å². The molecule has 0 bridgehead atoms. The van der Waals surface area contributed by atoms with Crippen molar-refractivity contribution >= 4 is 56.1 Å². The second-order valence-electron chi connectivity index (χ2n) is 5.11. The lowest BCUT2D eigenvalue weighted by molar-refractivity contribution is 0.0607. The molecule has 0 saturated carbocycles. The Balaban J connectivity index is 0.000000180. The maximum atomic E-state index is 11.8. The van der Waals surface area contributed by atoms with Gasteiger partial charge in [-0.25, -0.2) is 14.8 Å². The summed E-state index contributed by atoms with van der Waals surface area (Å²) in [5, 5.41) is 3.97. The van der Waals surface area contributed by atoms with Crippen LogP contribution in [0.25, 0.3) is 21.6 Å². The van der Waals surface area contributed by atoms with Gasteiger partial charge in [0.2, 0.25) is 0 Å². The number of aromatic amines is 1. The molecule has 0 aliphatic carbocycles. The first-order valence-corrected chi connectivity index (χ1v) is 9.64. The monoisotopic (exact) mass is 420 g/mol. The van der Waals surface area contributed by atoms with E-state index in [0.717, 1.165) is 5.56 Å². The summed E-state index contributed by atoms with van der Waals surface area (Å²) < 4.78 is 5.10. The Labute approximate surface area is 166 Å². The summed E-state index contributed by atoms with van der Waals surface area (Å²) >= 11 is 8.46. The SMILES string of the molecule is COC(=O)c1sccc1N.O=c1[nH]c(-c2ccnc(Cl)c2)nc2ccsc12. The van der Waals surface area contributed by atoms with Crippen molar-refractivity contribution in [2.75, 3.05) is 12.8 Å². The zero-order valence-electron chi connectivity index (χ0n) is 13.9. The number of hydrogen-bond donors (Lipinski definition) is 2. The molecule has 0 aliphatic heterocycles. The molecule has 4 heterocycles. The molecule has 4 aromatic heterocycles. The van der Waals surface area contributed by atoms with Crippen LogP contribution in [0.2, 0.25) is 5.15 Å². The van der Waals surface area contributed by atoms with E-state index in [0.29, 0.717) is 31.8 Å². The van der Waals surface area contributed by atoms with Gasteiger partial charge in [0, 0.05) is 11.8 Å². The van der Waals surface area contributed by atoms with Crippen molar-refractivity contribution in [3.8, 4) is 11.4 Å². The van der Waals surface area contributed by atoms with E-state index in [1.54, 1.807) is 29.8 Å². The molecule has 0 aliphatic rings. The highest BCUT2D eigenvalue weighted by Crippen LogP contribution is 2.20. The number of nitrogen functional groups attached to an aromatic ring is 1. The van der Waals surface area contributed by atoms with Crippen LogP contribution in [0.4, 0.5) is 5.69 Å². The molecule has 7 nitrogen and oxygen atoms in total. The van der Waals surface area contributed by atoms with Crippen LogP contribution in [-0.2, 0) is 4.74 Å². The number of halogens is 1. The number of carbonyl (C=O) groups excluding carboxylic acids is 1. The lowest BCUT2D eigenvalue weighted by atomic mass is 10.2. The van der Waals surface area contributed by atoms with Gasteiger partial charge in [0.25, 0.3) is 5.56 Å². The van der Waals surface area contributed by atoms with Crippen molar-refractivity contribution in [3.05, 3.63) is 61.6 Å². The zero-order valence-corrected chi connectivity index (χ0v) is 16.3. The van der Waals surface area contributed by atoms with Gasteiger partial charge in [0.1, 0.15) is 20.6 Å². The maximum absolute atomic E-state index is 11.8. The first-order valence-electron chi connectivity index (χ1n) is 7.50. The first-order chi connectivity index (χ1) is 13.0. The van der Waals surface area contributed by atoms with Crippen LogP contribution in [-0.4, -0.2) is 28.0 Å². The number of nitrogens with zero attached hydrogens (tertiary/aromatic N) is 2. The minimum Gasteiger partial charge on any atom is -0.465 e. The minimum absolute atomic E-state index is 0.132. The van der Waals surface area contributed by atoms with Crippen LogP contribution in [0.5, 0.6) is 0 Å². The summed E-state index contributed by atoms with van der Waals surface area (Å²) in [6.45, 7) is 0. The van der Waals surface area contributed by atoms with E-state index in [1.165, 1.54) is 29.8 Å². The number of nitrogens with two attached hydrogens (primary N) is 1. The molecule has 138 valence electrons. The fourth-order valence-electron chi connectivity index (χ4n) is 2.14. The highest BCUT2D eigenvalue weighted by molar-refractivity contribution is 7.17. The molecule has 0 radical (unpaired) electrons. The number of carbonyl (C=O) groups is 1. The van der Waals surface area contributed by atoms with Crippen LogP contribution < -0.4 is 11.3 Å². The molecule has 0 spiro atoms. The molecule has 27 heavy (non-hydrogen) atoms. The number of H-pyrrole nitrogens is 1. The van der Waals surface area contributed by atoms with E-state index in [2.05, 4.69) is 19.7 Å². The van der Waals surface area contributed by atoms with Gasteiger partial charge in [0.05, 0.1) is 18.3 Å². The molecule has 4 rings (SSSR count). The predicted molar refractivity (Wildman–Crippen MR) is 109 cm³/mol. The van der Waals surface area contributed by atoms with Gasteiger partial charge in [-0.1, -0.05) is 11.6 Å². The smallest absolute Gasteiger partial charge is 0.350 e. The molecule has 0 unspecified atom stereocenters. The number of fused-ring (bicyclic) bond motifs is 1. The normalized spacial score (nSPS) is 10.3. The van der Waals surface area contributed by atoms with Crippen LogP contribution in [0.15, 0.2) is 46.0 Å². The fourth-order valence-corrected chi connectivity index (χ4v) is 3.77. The van der Waals surface area contributed by atoms with Gasteiger partial charge in [-0.15, -0.1) is 22.7 Å². The van der Waals surface area contributed by atoms with Gasteiger partial charge in [-0.05, 0) is 35.0 Å². The molecule has 0 atom stereocenters. The highest BCUT2D eigenvalue weighted by atomic mass is 35.5. The van der Waals surface area contributed by atoms with Gasteiger partial charge in [0.15, 0.2) is 0 Å². The summed E-state index contributed by atoms with van der Waals surface area (Å²) in [5.74, 6) is 0.137.